The first kappa shape index (κ1) is 18.1. The predicted octanol–water partition coefficient (Wildman–Crippen LogP) is 3.42. The lowest BCUT2D eigenvalue weighted by molar-refractivity contribution is -0.128. The number of carbonyl (C=O) groups is 1. The molecule has 0 bridgehead atoms. The molecule has 0 saturated heterocycles. The number of nitrogens with one attached hydrogen (secondary N) is 1. The maximum Gasteiger partial charge on any atom is 0.261 e. The highest BCUT2D eigenvalue weighted by Gasteiger charge is 2.24. The van der Waals surface area contributed by atoms with Gasteiger partial charge in [0.2, 0.25) is 0 Å². The number of para-hydroxylation sites is 2. The van der Waals surface area contributed by atoms with Crippen molar-refractivity contribution in [2.45, 2.75) is 39.4 Å². The van der Waals surface area contributed by atoms with Crippen LogP contribution in [0.2, 0.25) is 0 Å². The molecule has 1 aliphatic heterocycles. The Bertz CT molecular complexity index is 754. The molecule has 2 atom stereocenters. The standard InChI is InChI=1S/C21H25NO4/c1-4-18(25-16-10-14(2)9-15(3)11-16)21(23)22-12-17-13-24-19-7-5-6-8-20(19)26-17/h5-11,17-18H,4,12-13H2,1-3H3,(H,22,23)/t17-,18-/m1/s1. The zero-order valence-corrected chi connectivity index (χ0v) is 15.5. The Kier molecular flexibility index (Phi) is 5.66. The Hall–Kier alpha value is -2.69. The van der Waals surface area contributed by atoms with E-state index in [0.29, 0.717) is 25.3 Å². The summed E-state index contributed by atoms with van der Waals surface area (Å²) in [6, 6.07) is 13.5. The predicted molar refractivity (Wildman–Crippen MR) is 100.0 cm³/mol. The molecule has 2 aromatic carbocycles. The van der Waals surface area contributed by atoms with Crippen LogP contribution in [0.3, 0.4) is 0 Å². The number of hydrogen-bond acceptors (Lipinski definition) is 4. The summed E-state index contributed by atoms with van der Waals surface area (Å²) in [6.45, 7) is 6.74. The van der Waals surface area contributed by atoms with Crippen molar-refractivity contribution in [3.05, 3.63) is 53.6 Å². The van der Waals surface area contributed by atoms with Crippen LogP contribution in [0.5, 0.6) is 17.2 Å². The topological polar surface area (TPSA) is 56.8 Å². The van der Waals surface area contributed by atoms with Crippen molar-refractivity contribution in [1.82, 2.24) is 5.32 Å². The number of benzene rings is 2. The SMILES string of the molecule is CC[C@@H](Oc1cc(C)cc(C)c1)C(=O)NC[C@@H]1COc2ccccc2O1. The number of ether oxygens (including phenoxy) is 3. The first-order valence-electron chi connectivity index (χ1n) is 8.96. The Labute approximate surface area is 154 Å². The molecular weight excluding hydrogens is 330 g/mol. The summed E-state index contributed by atoms with van der Waals surface area (Å²) in [6.07, 6.45) is -0.162. The normalized spacial score (nSPS) is 16.7. The van der Waals surface area contributed by atoms with Crippen LogP contribution in [-0.4, -0.2) is 31.3 Å². The molecule has 3 rings (SSSR count). The second-order valence-corrected chi connectivity index (χ2v) is 6.58. The summed E-state index contributed by atoms with van der Waals surface area (Å²) in [5.41, 5.74) is 2.23. The highest BCUT2D eigenvalue weighted by molar-refractivity contribution is 5.81. The first-order chi connectivity index (χ1) is 12.5. The summed E-state index contributed by atoms with van der Waals surface area (Å²) in [5, 5.41) is 2.91. The Morgan fingerprint density at radius 2 is 1.88 bits per heavy atom. The number of hydrogen-bond donors (Lipinski definition) is 1. The van der Waals surface area contributed by atoms with E-state index in [1.165, 1.54) is 0 Å². The maximum atomic E-state index is 12.5. The Morgan fingerprint density at radius 3 is 2.58 bits per heavy atom. The fraction of sp³-hybridized carbons (Fsp3) is 0.381. The quantitative estimate of drug-likeness (QED) is 0.863. The third-order valence-electron chi connectivity index (χ3n) is 4.21. The van der Waals surface area contributed by atoms with Crippen molar-refractivity contribution >= 4 is 5.91 Å². The van der Waals surface area contributed by atoms with Crippen LogP contribution >= 0.6 is 0 Å². The average molecular weight is 355 g/mol. The van der Waals surface area contributed by atoms with Crippen molar-refractivity contribution in [3.8, 4) is 17.2 Å². The number of fused-ring (bicyclic) bond motifs is 1. The number of rotatable bonds is 6. The van der Waals surface area contributed by atoms with Crippen LogP contribution in [0.4, 0.5) is 0 Å². The molecule has 26 heavy (non-hydrogen) atoms. The van der Waals surface area contributed by atoms with Gasteiger partial charge in [0.1, 0.15) is 18.5 Å². The van der Waals surface area contributed by atoms with Gasteiger partial charge in [0.15, 0.2) is 17.6 Å². The van der Waals surface area contributed by atoms with E-state index in [2.05, 4.69) is 11.4 Å². The minimum absolute atomic E-state index is 0.144. The van der Waals surface area contributed by atoms with Gasteiger partial charge in [-0.3, -0.25) is 4.79 Å². The van der Waals surface area contributed by atoms with Gasteiger partial charge < -0.3 is 19.5 Å². The van der Waals surface area contributed by atoms with Gasteiger partial charge in [-0.15, -0.1) is 0 Å². The molecule has 0 spiro atoms. The fourth-order valence-electron chi connectivity index (χ4n) is 2.98. The van der Waals surface area contributed by atoms with E-state index in [-0.39, 0.29) is 12.0 Å². The lowest BCUT2D eigenvalue weighted by Gasteiger charge is -2.27. The molecule has 138 valence electrons. The minimum atomic E-state index is -0.534. The van der Waals surface area contributed by atoms with Gasteiger partial charge in [-0.05, 0) is 55.7 Å². The fourth-order valence-corrected chi connectivity index (χ4v) is 2.98. The van der Waals surface area contributed by atoms with Crippen molar-refractivity contribution < 1.29 is 19.0 Å². The second kappa shape index (κ2) is 8.13. The summed E-state index contributed by atoms with van der Waals surface area (Å²) >= 11 is 0. The molecule has 5 nitrogen and oxygen atoms in total. The van der Waals surface area contributed by atoms with Crippen LogP contribution in [-0.2, 0) is 4.79 Å². The van der Waals surface area contributed by atoms with Crippen molar-refractivity contribution in [1.29, 1.82) is 0 Å². The van der Waals surface area contributed by atoms with Crippen LogP contribution in [0, 0.1) is 13.8 Å². The number of aryl methyl sites for hydroxylation is 2. The molecule has 0 saturated carbocycles. The second-order valence-electron chi connectivity index (χ2n) is 6.58. The third kappa shape index (κ3) is 4.48. The third-order valence-corrected chi connectivity index (χ3v) is 4.21. The van der Waals surface area contributed by atoms with Crippen molar-refractivity contribution in [2.75, 3.05) is 13.2 Å². The molecule has 1 aliphatic rings. The van der Waals surface area contributed by atoms with Crippen molar-refractivity contribution in [3.63, 3.8) is 0 Å². The summed E-state index contributed by atoms with van der Waals surface area (Å²) in [5.74, 6) is 2.01. The van der Waals surface area contributed by atoms with Crippen LogP contribution < -0.4 is 19.5 Å². The van der Waals surface area contributed by atoms with E-state index >= 15 is 0 Å². The molecule has 5 heteroatoms. The first-order valence-corrected chi connectivity index (χ1v) is 8.96. The maximum absolute atomic E-state index is 12.5. The molecule has 0 aromatic heterocycles. The number of carbonyl (C=O) groups excluding carboxylic acids is 1. The Morgan fingerprint density at radius 1 is 1.19 bits per heavy atom. The molecule has 2 aromatic rings. The summed E-state index contributed by atoms with van der Waals surface area (Å²) in [7, 11) is 0. The minimum Gasteiger partial charge on any atom is -0.486 e. The highest BCUT2D eigenvalue weighted by atomic mass is 16.6. The van der Waals surface area contributed by atoms with E-state index in [9.17, 15) is 4.79 Å². The van der Waals surface area contributed by atoms with Crippen LogP contribution in [0.1, 0.15) is 24.5 Å². The summed E-state index contributed by atoms with van der Waals surface area (Å²) in [4.78, 5) is 12.5. The zero-order chi connectivity index (χ0) is 18.5. The largest absolute Gasteiger partial charge is 0.486 e. The van der Waals surface area contributed by atoms with E-state index in [4.69, 9.17) is 14.2 Å². The van der Waals surface area contributed by atoms with Gasteiger partial charge in [-0.1, -0.05) is 25.1 Å². The van der Waals surface area contributed by atoms with Gasteiger partial charge in [0.05, 0.1) is 6.54 Å². The van der Waals surface area contributed by atoms with E-state index in [1.54, 1.807) is 0 Å². The monoisotopic (exact) mass is 355 g/mol. The molecular formula is C21H25NO4. The van der Waals surface area contributed by atoms with E-state index < -0.39 is 6.10 Å². The molecule has 1 heterocycles. The highest BCUT2D eigenvalue weighted by Crippen LogP contribution is 2.30. The van der Waals surface area contributed by atoms with E-state index in [1.807, 2.05) is 57.2 Å². The molecule has 1 N–H and O–H groups in total. The summed E-state index contributed by atoms with van der Waals surface area (Å²) < 4.78 is 17.4. The van der Waals surface area contributed by atoms with Crippen molar-refractivity contribution in [2.24, 2.45) is 0 Å². The van der Waals surface area contributed by atoms with Gasteiger partial charge in [0.25, 0.3) is 5.91 Å². The molecule has 0 unspecified atom stereocenters. The van der Waals surface area contributed by atoms with Gasteiger partial charge in [0, 0.05) is 0 Å². The molecule has 0 radical (unpaired) electrons. The molecule has 0 fully saturated rings. The lowest BCUT2D eigenvalue weighted by atomic mass is 10.1. The molecule has 0 aliphatic carbocycles. The average Bonchev–Trinajstić information content (AvgIpc) is 2.63. The molecule has 1 amide bonds. The van der Waals surface area contributed by atoms with Gasteiger partial charge in [-0.2, -0.15) is 0 Å². The van der Waals surface area contributed by atoms with Crippen LogP contribution in [0.15, 0.2) is 42.5 Å². The smallest absolute Gasteiger partial charge is 0.261 e. The Balaban J connectivity index is 1.55. The van der Waals surface area contributed by atoms with Gasteiger partial charge in [-0.25, -0.2) is 0 Å². The van der Waals surface area contributed by atoms with Crippen LogP contribution in [0.25, 0.3) is 0 Å². The zero-order valence-electron chi connectivity index (χ0n) is 15.5. The lowest BCUT2D eigenvalue weighted by Crippen LogP contribution is -2.45. The number of amides is 1. The van der Waals surface area contributed by atoms with Gasteiger partial charge >= 0.3 is 0 Å². The van der Waals surface area contributed by atoms with E-state index in [0.717, 1.165) is 22.6 Å².